The molecule has 3 aromatic carbocycles. The summed E-state index contributed by atoms with van der Waals surface area (Å²) in [5.41, 5.74) is 3.93. The molecule has 2 amide bonds. The Kier molecular flexibility index (Phi) is 8.54. The zero-order valence-electron chi connectivity index (χ0n) is 17.3. The third-order valence-corrected chi connectivity index (χ3v) is 5.07. The van der Waals surface area contributed by atoms with E-state index in [2.05, 4.69) is 15.8 Å². The van der Waals surface area contributed by atoms with Gasteiger partial charge in [0, 0.05) is 10.0 Å². The molecule has 0 saturated carbocycles. The van der Waals surface area contributed by atoms with Gasteiger partial charge in [0.25, 0.3) is 0 Å². The molecule has 0 radical (unpaired) electrons. The van der Waals surface area contributed by atoms with Crippen molar-refractivity contribution in [1.29, 1.82) is 0 Å². The molecule has 0 spiro atoms. The predicted octanol–water partition coefficient (Wildman–Crippen LogP) is 5.32. The molecule has 2 N–H and O–H groups in total. The second-order valence-corrected chi connectivity index (χ2v) is 7.88. The molecule has 0 atom stereocenters. The van der Waals surface area contributed by atoms with Crippen molar-refractivity contribution < 1.29 is 19.1 Å². The Morgan fingerprint density at radius 3 is 2.36 bits per heavy atom. The van der Waals surface area contributed by atoms with Crippen molar-refractivity contribution in [3.63, 3.8) is 0 Å². The Hall–Kier alpha value is -3.26. The summed E-state index contributed by atoms with van der Waals surface area (Å²) in [4.78, 5) is 24.0. The van der Waals surface area contributed by atoms with Gasteiger partial charge in [-0.25, -0.2) is 5.43 Å². The van der Waals surface area contributed by atoms with E-state index in [0.29, 0.717) is 33.7 Å². The Morgan fingerprint density at radius 1 is 0.909 bits per heavy atom. The number of hydrazone groups is 1. The highest BCUT2D eigenvalue weighted by Crippen LogP contribution is 2.28. The van der Waals surface area contributed by atoms with Gasteiger partial charge in [-0.3, -0.25) is 9.59 Å². The van der Waals surface area contributed by atoms with Crippen LogP contribution in [0.5, 0.6) is 11.5 Å². The first-order chi connectivity index (χ1) is 15.9. The van der Waals surface area contributed by atoms with Gasteiger partial charge in [-0.1, -0.05) is 46.9 Å². The standard InChI is InChI=1S/C23H18Cl3N3O4/c1-32-21-10-15(4-9-20(21)33-13-14-2-5-16(24)6-3-14)12-27-29-23(31)22(30)28-19-11-17(25)7-8-18(19)26/h2-12H,13H2,1H3,(H,28,30)(H,29,31)/b27-12+. The molecule has 0 fully saturated rings. The summed E-state index contributed by atoms with van der Waals surface area (Å²) in [5.74, 6) is -0.906. The maximum Gasteiger partial charge on any atom is 0.329 e. The molecular weight excluding hydrogens is 489 g/mol. The fourth-order valence-corrected chi connectivity index (χ4v) is 3.08. The number of carbonyl (C=O) groups is 2. The monoisotopic (exact) mass is 505 g/mol. The van der Waals surface area contributed by atoms with Crippen LogP contribution in [0.15, 0.2) is 65.8 Å². The lowest BCUT2D eigenvalue weighted by Gasteiger charge is -2.11. The molecule has 0 aliphatic carbocycles. The van der Waals surface area contributed by atoms with E-state index >= 15 is 0 Å². The third kappa shape index (κ3) is 7.12. The lowest BCUT2D eigenvalue weighted by molar-refractivity contribution is -0.136. The Morgan fingerprint density at radius 2 is 1.64 bits per heavy atom. The van der Waals surface area contributed by atoms with Gasteiger partial charge >= 0.3 is 11.8 Å². The van der Waals surface area contributed by atoms with Crippen LogP contribution in [0.4, 0.5) is 5.69 Å². The van der Waals surface area contributed by atoms with E-state index in [0.717, 1.165) is 5.56 Å². The molecule has 10 heteroatoms. The number of halogens is 3. The number of hydrogen-bond acceptors (Lipinski definition) is 5. The molecule has 0 bridgehead atoms. The summed E-state index contributed by atoms with van der Waals surface area (Å²) >= 11 is 17.7. The Bertz CT molecular complexity index is 1180. The van der Waals surface area contributed by atoms with Crippen LogP contribution in [-0.4, -0.2) is 25.1 Å². The lowest BCUT2D eigenvalue weighted by atomic mass is 10.2. The number of hydrogen-bond donors (Lipinski definition) is 2. The third-order valence-electron chi connectivity index (χ3n) is 4.26. The number of benzene rings is 3. The van der Waals surface area contributed by atoms with Gasteiger partial charge in [-0.05, 0) is 59.7 Å². The normalized spacial score (nSPS) is 10.7. The van der Waals surface area contributed by atoms with Crippen LogP contribution in [0.3, 0.4) is 0 Å². The molecule has 0 heterocycles. The average molecular weight is 507 g/mol. The summed E-state index contributed by atoms with van der Waals surface area (Å²) in [5, 5.41) is 7.43. The number of rotatable bonds is 7. The van der Waals surface area contributed by atoms with Crippen LogP contribution in [0, 0.1) is 0 Å². The highest BCUT2D eigenvalue weighted by Gasteiger charge is 2.15. The fraction of sp³-hybridized carbons (Fsp3) is 0.0870. The summed E-state index contributed by atoms with van der Waals surface area (Å²) < 4.78 is 11.2. The topological polar surface area (TPSA) is 89.0 Å². The molecule has 7 nitrogen and oxygen atoms in total. The van der Waals surface area contributed by atoms with Crippen molar-refractivity contribution in [3.05, 3.63) is 86.9 Å². The van der Waals surface area contributed by atoms with Gasteiger partial charge in [0.15, 0.2) is 11.5 Å². The summed E-state index contributed by atoms with van der Waals surface area (Å²) in [6.45, 7) is 0.336. The van der Waals surface area contributed by atoms with Crippen LogP contribution < -0.4 is 20.2 Å². The van der Waals surface area contributed by atoms with E-state index in [4.69, 9.17) is 44.3 Å². The van der Waals surface area contributed by atoms with Crippen molar-refractivity contribution in [2.75, 3.05) is 12.4 Å². The van der Waals surface area contributed by atoms with Gasteiger partial charge in [-0.15, -0.1) is 0 Å². The molecule has 170 valence electrons. The summed E-state index contributed by atoms with van der Waals surface area (Å²) in [6, 6.07) is 16.9. The molecule has 0 aliphatic rings. The quantitative estimate of drug-likeness (QED) is 0.258. The van der Waals surface area contributed by atoms with Gasteiger partial charge < -0.3 is 14.8 Å². The highest BCUT2D eigenvalue weighted by molar-refractivity contribution is 6.42. The van der Waals surface area contributed by atoms with Crippen molar-refractivity contribution in [2.24, 2.45) is 5.10 Å². The zero-order valence-corrected chi connectivity index (χ0v) is 19.5. The van der Waals surface area contributed by atoms with E-state index in [-0.39, 0.29) is 10.7 Å². The van der Waals surface area contributed by atoms with Crippen LogP contribution in [0.25, 0.3) is 0 Å². The number of ether oxygens (including phenoxy) is 2. The number of methoxy groups -OCH3 is 1. The molecular formula is C23H18Cl3N3O4. The van der Waals surface area contributed by atoms with Crippen molar-refractivity contribution in [1.82, 2.24) is 5.43 Å². The van der Waals surface area contributed by atoms with Crippen molar-refractivity contribution in [2.45, 2.75) is 6.61 Å². The SMILES string of the molecule is COc1cc(/C=N/NC(=O)C(=O)Nc2cc(Cl)ccc2Cl)ccc1OCc1ccc(Cl)cc1. The number of nitrogens with one attached hydrogen (secondary N) is 2. The Balaban J connectivity index is 1.57. The minimum Gasteiger partial charge on any atom is -0.493 e. The number of amides is 2. The van der Waals surface area contributed by atoms with Gasteiger partial charge in [0.05, 0.1) is 24.0 Å². The molecule has 0 unspecified atom stereocenters. The zero-order chi connectivity index (χ0) is 23.8. The van der Waals surface area contributed by atoms with Crippen molar-refractivity contribution >= 4 is 58.5 Å². The van der Waals surface area contributed by atoms with Crippen LogP contribution in [-0.2, 0) is 16.2 Å². The van der Waals surface area contributed by atoms with E-state index < -0.39 is 11.8 Å². The highest BCUT2D eigenvalue weighted by atomic mass is 35.5. The maximum absolute atomic E-state index is 12.0. The second-order valence-electron chi connectivity index (χ2n) is 6.60. The largest absolute Gasteiger partial charge is 0.493 e. The lowest BCUT2D eigenvalue weighted by Crippen LogP contribution is -2.32. The minimum atomic E-state index is -0.975. The first kappa shape index (κ1) is 24.4. The van der Waals surface area contributed by atoms with E-state index in [1.165, 1.54) is 25.5 Å². The van der Waals surface area contributed by atoms with E-state index in [1.54, 1.807) is 36.4 Å². The first-order valence-electron chi connectivity index (χ1n) is 9.50. The van der Waals surface area contributed by atoms with Crippen LogP contribution in [0.2, 0.25) is 15.1 Å². The number of anilines is 1. The summed E-state index contributed by atoms with van der Waals surface area (Å²) in [6.07, 6.45) is 1.36. The van der Waals surface area contributed by atoms with Gasteiger partial charge in [0.2, 0.25) is 0 Å². The van der Waals surface area contributed by atoms with E-state index in [9.17, 15) is 9.59 Å². The fourth-order valence-electron chi connectivity index (χ4n) is 2.61. The Labute approximate surface area is 205 Å². The average Bonchev–Trinajstić information content (AvgIpc) is 2.81. The molecule has 0 aromatic heterocycles. The van der Waals surface area contributed by atoms with E-state index in [1.807, 2.05) is 12.1 Å². The molecule has 0 saturated heterocycles. The number of carbonyl (C=O) groups excluding carboxylic acids is 2. The molecule has 3 aromatic rings. The maximum atomic E-state index is 12.0. The minimum absolute atomic E-state index is 0.215. The molecule has 3 rings (SSSR count). The van der Waals surface area contributed by atoms with Crippen LogP contribution >= 0.6 is 34.8 Å². The molecule has 33 heavy (non-hydrogen) atoms. The predicted molar refractivity (Wildman–Crippen MR) is 130 cm³/mol. The number of nitrogens with zero attached hydrogens (tertiary/aromatic N) is 1. The molecule has 0 aliphatic heterocycles. The van der Waals surface area contributed by atoms with Crippen LogP contribution in [0.1, 0.15) is 11.1 Å². The summed E-state index contributed by atoms with van der Waals surface area (Å²) in [7, 11) is 1.51. The first-order valence-corrected chi connectivity index (χ1v) is 10.6. The van der Waals surface area contributed by atoms with Gasteiger partial charge in [0.1, 0.15) is 6.61 Å². The van der Waals surface area contributed by atoms with Crippen molar-refractivity contribution in [3.8, 4) is 11.5 Å². The van der Waals surface area contributed by atoms with Gasteiger partial charge in [-0.2, -0.15) is 5.10 Å². The second kappa shape index (κ2) is 11.6. The smallest absolute Gasteiger partial charge is 0.329 e.